The molecule has 0 saturated carbocycles. The number of para-hydroxylation sites is 1. The molecule has 3 atom stereocenters. The van der Waals surface area contributed by atoms with Gasteiger partial charge in [-0.2, -0.15) is 18.4 Å². The Kier molecular flexibility index (Phi) is 8.17. The van der Waals surface area contributed by atoms with Gasteiger partial charge in [-0.1, -0.05) is 30.3 Å². The summed E-state index contributed by atoms with van der Waals surface area (Å²) in [7, 11) is 1.54. The molecule has 1 fully saturated rings. The number of carbonyl (C=O) groups excluding carboxylic acids is 3. The van der Waals surface area contributed by atoms with Crippen molar-refractivity contribution in [2.45, 2.75) is 51.1 Å². The van der Waals surface area contributed by atoms with Crippen LogP contribution in [-0.2, 0) is 33.6 Å². The predicted molar refractivity (Wildman–Crippen MR) is 167 cm³/mol. The lowest BCUT2D eigenvalue weighted by Crippen LogP contribution is -2.52. The van der Waals surface area contributed by atoms with E-state index < -0.39 is 41.6 Å². The quantitative estimate of drug-likeness (QED) is 0.339. The average molecular weight is 664 g/mol. The van der Waals surface area contributed by atoms with Gasteiger partial charge in [0.2, 0.25) is 17.7 Å². The van der Waals surface area contributed by atoms with Crippen molar-refractivity contribution in [3.05, 3.63) is 88.4 Å². The molecule has 0 aliphatic carbocycles. The summed E-state index contributed by atoms with van der Waals surface area (Å²) in [6.07, 6.45) is -3.55. The number of aryl methyl sites for hydroxylation is 1. The first-order valence-corrected chi connectivity index (χ1v) is 15.2. The number of halogens is 4. The molecule has 2 aromatic heterocycles. The predicted octanol–water partition coefficient (Wildman–Crippen LogP) is 5.34. The van der Waals surface area contributed by atoms with Crippen molar-refractivity contribution < 1.29 is 27.6 Å². The smallest absolute Gasteiger partial charge is 0.362 e. The Morgan fingerprint density at radius 3 is 2.66 bits per heavy atom. The number of likely N-dealkylation sites (N-methyl/N-ethyl adjacent to an activating group) is 1. The van der Waals surface area contributed by atoms with Crippen molar-refractivity contribution in [3.8, 4) is 6.07 Å². The van der Waals surface area contributed by atoms with Gasteiger partial charge in [0.15, 0.2) is 0 Å². The van der Waals surface area contributed by atoms with Crippen molar-refractivity contribution in [1.29, 1.82) is 5.26 Å². The van der Waals surface area contributed by atoms with E-state index in [0.717, 1.165) is 22.6 Å². The summed E-state index contributed by atoms with van der Waals surface area (Å²) in [6.45, 7) is 5.58. The highest BCUT2D eigenvalue weighted by molar-refractivity contribution is 6.34. The number of carbonyl (C=O) groups is 3. The van der Waals surface area contributed by atoms with Gasteiger partial charge in [-0.25, -0.2) is 4.98 Å². The van der Waals surface area contributed by atoms with E-state index in [1.807, 2.05) is 17.0 Å². The Labute approximate surface area is 273 Å². The fourth-order valence-electron chi connectivity index (χ4n) is 6.74. The average Bonchev–Trinajstić information content (AvgIpc) is 3.54. The van der Waals surface area contributed by atoms with E-state index in [-0.39, 0.29) is 49.9 Å². The molecule has 3 aromatic rings. The van der Waals surface area contributed by atoms with E-state index in [1.165, 1.54) is 24.9 Å². The Bertz CT molecular complexity index is 1860. The molecular formula is C33H29ClF3N7O3. The molecule has 5 heterocycles. The van der Waals surface area contributed by atoms with E-state index in [9.17, 15) is 32.8 Å². The second kappa shape index (κ2) is 12.0. The first-order valence-electron chi connectivity index (χ1n) is 14.8. The largest absolute Gasteiger partial charge is 0.416 e. The number of hydrogen-bond donors (Lipinski definition) is 0. The number of amides is 3. The SMILES string of the molecule is C=CC(=O)N1Cc2ccc(CN3C[C@H]4CC(=O)N(c5cc(C(F)(F)F)cc(C)n5)[C@@H]4C(=O)N(C)c4cccc(Cl)c43)nc2[C@H]1CC#N. The van der Waals surface area contributed by atoms with E-state index in [2.05, 4.69) is 17.6 Å². The summed E-state index contributed by atoms with van der Waals surface area (Å²) >= 11 is 6.76. The second-order valence-corrected chi connectivity index (χ2v) is 12.2. The Morgan fingerprint density at radius 1 is 1.19 bits per heavy atom. The molecule has 0 N–H and O–H groups in total. The number of alkyl halides is 3. The van der Waals surface area contributed by atoms with Crippen molar-refractivity contribution >= 4 is 46.5 Å². The molecule has 0 spiro atoms. The van der Waals surface area contributed by atoms with Gasteiger partial charge >= 0.3 is 6.18 Å². The number of rotatable bonds is 5. The summed E-state index contributed by atoms with van der Waals surface area (Å²) in [4.78, 5) is 55.2. The van der Waals surface area contributed by atoms with Gasteiger partial charge in [0, 0.05) is 38.2 Å². The Hall–Kier alpha value is -4.96. The van der Waals surface area contributed by atoms with Gasteiger partial charge < -0.3 is 14.7 Å². The zero-order valence-electron chi connectivity index (χ0n) is 25.5. The van der Waals surface area contributed by atoms with E-state index in [1.54, 1.807) is 23.1 Å². The molecule has 1 aromatic carbocycles. The lowest BCUT2D eigenvalue weighted by Gasteiger charge is -2.39. The van der Waals surface area contributed by atoms with E-state index in [0.29, 0.717) is 27.8 Å². The summed E-state index contributed by atoms with van der Waals surface area (Å²) in [6, 6.07) is 10.9. The summed E-state index contributed by atoms with van der Waals surface area (Å²) in [5, 5.41) is 9.84. The molecule has 0 unspecified atom stereocenters. The van der Waals surface area contributed by atoms with Crippen LogP contribution in [0.3, 0.4) is 0 Å². The minimum atomic E-state index is -4.68. The number of nitriles is 1. The molecular weight excluding hydrogens is 635 g/mol. The third-order valence-electron chi connectivity index (χ3n) is 8.82. The molecule has 6 rings (SSSR count). The van der Waals surface area contributed by atoms with Crippen molar-refractivity contribution in [2.75, 3.05) is 28.3 Å². The van der Waals surface area contributed by atoms with E-state index in [4.69, 9.17) is 16.6 Å². The van der Waals surface area contributed by atoms with Gasteiger partial charge in [-0.3, -0.25) is 24.3 Å². The maximum absolute atomic E-state index is 14.1. The Morgan fingerprint density at radius 2 is 1.96 bits per heavy atom. The number of anilines is 3. The fourth-order valence-corrected chi connectivity index (χ4v) is 7.03. The first kappa shape index (κ1) is 32.0. The molecule has 0 radical (unpaired) electrons. The molecule has 242 valence electrons. The lowest BCUT2D eigenvalue weighted by atomic mass is 9.95. The van der Waals surface area contributed by atoms with Crippen LogP contribution < -0.4 is 14.7 Å². The number of fused-ring (bicyclic) bond motifs is 3. The molecule has 3 amide bonds. The minimum absolute atomic E-state index is 0.0407. The van der Waals surface area contributed by atoms with Crippen molar-refractivity contribution in [3.63, 3.8) is 0 Å². The third kappa shape index (κ3) is 5.67. The first-order chi connectivity index (χ1) is 22.3. The molecule has 14 heteroatoms. The zero-order valence-corrected chi connectivity index (χ0v) is 26.2. The van der Waals surface area contributed by atoms with Crippen LogP contribution in [0.25, 0.3) is 0 Å². The number of hydrogen-bond acceptors (Lipinski definition) is 7. The monoisotopic (exact) mass is 663 g/mol. The van der Waals surface area contributed by atoms with Crippen molar-refractivity contribution in [1.82, 2.24) is 14.9 Å². The second-order valence-electron chi connectivity index (χ2n) is 11.8. The summed E-state index contributed by atoms with van der Waals surface area (Å²) < 4.78 is 41.2. The van der Waals surface area contributed by atoms with Gasteiger partial charge in [0.1, 0.15) is 11.9 Å². The lowest BCUT2D eigenvalue weighted by molar-refractivity contribution is -0.137. The van der Waals surface area contributed by atoms with Crippen LogP contribution in [0.1, 0.15) is 47.1 Å². The van der Waals surface area contributed by atoms with Crippen LogP contribution in [0.2, 0.25) is 5.02 Å². The highest BCUT2D eigenvalue weighted by Gasteiger charge is 2.49. The van der Waals surface area contributed by atoms with E-state index >= 15 is 0 Å². The Balaban J connectivity index is 1.41. The molecule has 47 heavy (non-hydrogen) atoms. The molecule has 3 aliphatic rings. The third-order valence-corrected chi connectivity index (χ3v) is 9.13. The van der Waals surface area contributed by atoms with Crippen LogP contribution in [0.5, 0.6) is 0 Å². The zero-order chi connectivity index (χ0) is 33.8. The summed E-state index contributed by atoms with van der Waals surface area (Å²) in [5.74, 6) is -2.19. The van der Waals surface area contributed by atoms with Crippen LogP contribution in [-0.4, -0.2) is 52.2 Å². The molecule has 10 nitrogen and oxygen atoms in total. The molecule has 0 bridgehead atoms. The van der Waals surface area contributed by atoms with Crippen LogP contribution >= 0.6 is 11.6 Å². The maximum atomic E-state index is 14.1. The standard InChI is InChI=1S/C33H29ClF3N7O3/c1-4-27(45)43-16-19-8-9-22(40-29(19)24(43)10-11-38)17-42-15-20-13-28(46)44(26-14-21(33(35,36)37)12-18(2)39-26)30(20)32(47)41(3)25-7-5-6-23(34)31(25)42/h4-9,12,14,20,24,30H,1,10,13,15-17H2,2-3H3/t20-,24-,30+/m1/s1. The maximum Gasteiger partial charge on any atom is 0.416 e. The number of pyridine rings is 2. The number of benzene rings is 1. The van der Waals surface area contributed by atoms with Gasteiger partial charge in [0.25, 0.3) is 0 Å². The van der Waals surface area contributed by atoms with Gasteiger partial charge in [-0.15, -0.1) is 0 Å². The topological polar surface area (TPSA) is 114 Å². The van der Waals surface area contributed by atoms with Crippen LogP contribution in [0, 0.1) is 24.2 Å². The number of nitrogens with zero attached hydrogens (tertiary/aromatic N) is 7. The van der Waals surface area contributed by atoms with Crippen LogP contribution in [0.15, 0.2) is 55.1 Å². The highest BCUT2D eigenvalue weighted by atomic mass is 35.5. The number of aromatic nitrogens is 2. The van der Waals surface area contributed by atoms with Gasteiger partial charge in [0.05, 0.1) is 58.4 Å². The molecule has 1 saturated heterocycles. The summed E-state index contributed by atoms with van der Waals surface area (Å²) in [5.41, 5.74) is 2.06. The van der Waals surface area contributed by atoms with Gasteiger partial charge in [-0.05, 0) is 48.9 Å². The normalized spacial score (nSPS) is 20.7. The van der Waals surface area contributed by atoms with Crippen LogP contribution in [0.4, 0.5) is 30.4 Å². The fraction of sp³-hybridized carbons (Fsp3) is 0.333. The minimum Gasteiger partial charge on any atom is -0.362 e. The highest BCUT2D eigenvalue weighted by Crippen LogP contribution is 2.44. The van der Waals surface area contributed by atoms with Crippen molar-refractivity contribution in [2.24, 2.45) is 5.92 Å². The molecule has 3 aliphatic heterocycles.